The van der Waals surface area contributed by atoms with Crippen LogP contribution in [0.1, 0.15) is 136 Å². The fourth-order valence-corrected chi connectivity index (χ4v) is 8.27. The van der Waals surface area contributed by atoms with Crippen LogP contribution in [0, 0.1) is 11.8 Å². The third kappa shape index (κ3) is 23.0. The number of ether oxygens (including phenoxy) is 2. The smallest absolute Gasteiger partial charge is 0.462 e. The van der Waals surface area contributed by atoms with Gasteiger partial charge in [-0.3, -0.25) is 23.4 Å². The van der Waals surface area contributed by atoms with Crippen LogP contribution >= 0.6 is 7.82 Å². The number of aliphatic hydroxyl groups excluding tert-OH is 7. The standard InChI is InChI=1S/C47H77O16P/c1-3-5-7-8-9-10-11-12-13-14-15-16-17-18-24-28-41(52)62-35-32-60-40(51)27-23-20-19-22-26-36-38(49)31-39(50)37(30-29-34(48)25-21-6-4-2)43(54)45(56)47(46(57)44(55)42(36)53)63-64(58,59)61-33-35/h9-10,12-13,15-16,19,22,29-30,34-38,42-49,53-57H,3-8,11,14,17-18,20-21,23-28,31-33H2,1-2H3,(H,58,59)/b10-9-,13-12-,16-15-,22-19-,30-29+/t34-,35+,36-,37-,38-,42+,43+,44-,45+,46+,47+/m0/s1. The average Bonchev–Trinajstić information content (AvgIpc) is 3.26. The van der Waals surface area contributed by atoms with Crippen LogP contribution in [0.25, 0.3) is 0 Å². The van der Waals surface area contributed by atoms with Crippen LogP contribution < -0.4 is 0 Å². The zero-order chi connectivity index (χ0) is 47.3. The van der Waals surface area contributed by atoms with Crippen LogP contribution in [0.15, 0.2) is 60.8 Å². The van der Waals surface area contributed by atoms with Crippen LogP contribution in [-0.4, -0.2) is 127 Å². The zero-order valence-electron chi connectivity index (χ0n) is 37.8. The number of unbranched alkanes of at least 4 members (excludes halogenated alkanes) is 7. The zero-order valence-corrected chi connectivity index (χ0v) is 38.7. The van der Waals surface area contributed by atoms with Gasteiger partial charge in [-0.15, -0.1) is 0 Å². The Morgan fingerprint density at radius 2 is 1.44 bits per heavy atom. The molecule has 1 fully saturated rings. The number of aliphatic hydroxyl groups is 7. The summed E-state index contributed by atoms with van der Waals surface area (Å²) in [6.07, 6.45) is 10.9. The number of carbonyl (C=O) groups is 3. The number of hydrogen-bond acceptors (Lipinski definition) is 15. The second kappa shape index (κ2) is 32.8. The second-order valence-corrected chi connectivity index (χ2v) is 18.1. The Bertz CT molecular complexity index is 1530. The van der Waals surface area contributed by atoms with Crippen molar-refractivity contribution in [3.05, 3.63) is 60.8 Å². The molecule has 0 aromatic carbocycles. The van der Waals surface area contributed by atoms with Crippen LogP contribution in [0.4, 0.5) is 0 Å². The van der Waals surface area contributed by atoms with Crippen LogP contribution in [0.5, 0.6) is 0 Å². The molecule has 0 radical (unpaired) electrons. The van der Waals surface area contributed by atoms with Crippen molar-refractivity contribution in [1.29, 1.82) is 0 Å². The molecule has 17 heteroatoms. The molecule has 12 atom stereocenters. The van der Waals surface area contributed by atoms with Crippen molar-refractivity contribution >= 4 is 25.5 Å². The van der Waals surface area contributed by atoms with Gasteiger partial charge < -0.3 is 50.1 Å². The minimum absolute atomic E-state index is 0.0270. The Morgan fingerprint density at radius 1 is 0.812 bits per heavy atom. The van der Waals surface area contributed by atoms with Gasteiger partial charge in [0, 0.05) is 25.2 Å². The van der Waals surface area contributed by atoms with E-state index < -0.39 is 112 Å². The maximum atomic E-state index is 13.7. The molecule has 2 aliphatic rings. The van der Waals surface area contributed by atoms with E-state index in [1.165, 1.54) is 31.4 Å². The number of phosphoric acid groups is 1. The number of phosphoric ester groups is 1. The third-order valence-corrected chi connectivity index (χ3v) is 12.2. The molecule has 366 valence electrons. The summed E-state index contributed by atoms with van der Waals surface area (Å²) in [5.74, 6) is -5.23. The molecule has 8 N–H and O–H groups in total. The molecule has 64 heavy (non-hydrogen) atoms. The first-order chi connectivity index (χ1) is 30.6. The van der Waals surface area contributed by atoms with E-state index in [0.717, 1.165) is 44.6 Å². The van der Waals surface area contributed by atoms with E-state index in [0.29, 0.717) is 38.5 Å². The van der Waals surface area contributed by atoms with Crippen molar-refractivity contribution < 1.29 is 78.1 Å². The number of hydrogen-bond donors (Lipinski definition) is 8. The lowest BCUT2D eigenvalue weighted by molar-refractivity contribution is -0.166. The fraction of sp³-hybridized carbons (Fsp3) is 0.723. The summed E-state index contributed by atoms with van der Waals surface area (Å²) in [5, 5.41) is 78.4. The number of ketones is 1. The van der Waals surface area contributed by atoms with Crippen molar-refractivity contribution in [3.63, 3.8) is 0 Å². The number of rotatable bonds is 20. The second-order valence-electron chi connectivity index (χ2n) is 16.7. The number of Topliss-reactive ketones (excluding diaryl/α,β-unsaturated/α-hetero) is 1. The van der Waals surface area contributed by atoms with Crippen LogP contribution in [-0.2, 0) is 37.5 Å². The number of allylic oxidation sites excluding steroid dienone is 8. The molecule has 2 bridgehead atoms. The average molecular weight is 929 g/mol. The van der Waals surface area contributed by atoms with E-state index in [9.17, 15) is 59.6 Å². The van der Waals surface area contributed by atoms with Gasteiger partial charge in [-0.05, 0) is 70.6 Å². The predicted octanol–water partition coefficient (Wildman–Crippen LogP) is 5.53. The first-order valence-electron chi connectivity index (χ1n) is 23.2. The number of cyclic esters (lactones) is 1. The topological polar surface area (TPSA) is 267 Å². The molecule has 1 heterocycles. The first kappa shape index (κ1) is 57.3. The Labute approximate surface area is 379 Å². The normalized spacial score (nSPS) is 32.1. The highest BCUT2D eigenvalue weighted by atomic mass is 31.2. The minimum Gasteiger partial charge on any atom is -0.462 e. The monoisotopic (exact) mass is 928 g/mol. The molecular weight excluding hydrogens is 851 g/mol. The Balaban J connectivity index is 2.25. The number of carbonyl (C=O) groups excluding carboxylic acids is 3. The van der Waals surface area contributed by atoms with Crippen molar-refractivity contribution in [2.45, 2.75) is 191 Å². The van der Waals surface area contributed by atoms with E-state index in [-0.39, 0.29) is 19.3 Å². The van der Waals surface area contributed by atoms with E-state index in [1.54, 1.807) is 6.08 Å². The highest BCUT2D eigenvalue weighted by Gasteiger charge is 2.49. The summed E-state index contributed by atoms with van der Waals surface area (Å²) in [6, 6.07) is 0. The van der Waals surface area contributed by atoms with Crippen molar-refractivity contribution in [2.75, 3.05) is 13.2 Å². The largest absolute Gasteiger partial charge is 0.472 e. The van der Waals surface area contributed by atoms with Gasteiger partial charge in [0.25, 0.3) is 0 Å². The van der Waals surface area contributed by atoms with Crippen molar-refractivity contribution in [2.24, 2.45) is 11.8 Å². The SMILES string of the molecule is CCCCC/C=C\C/C=C\C/C=C\CCCCC(=O)O[C@@H]1COC(=O)CCC/C=C\C[C@@H]2[C@@H](O)[C@H](O)[C@@H](O)[C@H](OP(=O)(O)OC1)[C@H](O)[C@H](O)[C@@H](/C=C/[C@@H](O)CCCCC)C(=O)C[C@@H]2O. The number of fused-ring (bicyclic) bond motifs is 4. The van der Waals surface area contributed by atoms with Gasteiger partial charge >= 0.3 is 19.8 Å². The third-order valence-electron chi connectivity index (χ3n) is 11.2. The summed E-state index contributed by atoms with van der Waals surface area (Å²) in [7, 11) is -5.48. The molecule has 0 spiro atoms. The minimum atomic E-state index is -5.48. The molecule has 0 aromatic heterocycles. The molecule has 0 saturated heterocycles. The van der Waals surface area contributed by atoms with Crippen LogP contribution in [0.2, 0.25) is 0 Å². The van der Waals surface area contributed by atoms with Gasteiger partial charge in [-0.1, -0.05) is 107 Å². The Kier molecular flexibility index (Phi) is 29.3. The van der Waals surface area contributed by atoms with Gasteiger partial charge in [0.1, 0.15) is 36.8 Å². The van der Waals surface area contributed by atoms with E-state index >= 15 is 0 Å². The van der Waals surface area contributed by atoms with Gasteiger partial charge in [-0.25, -0.2) is 4.57 Å². The predicted molar refractivity (Wildman–Crippen MR) is 240 cm³/mol. The quantitative estimate of drug-likeness (QED) is 0.0323. The highest BCUT2D eigenvalue weighted by Crippen LogP contribution is 2.47. The first-order valence-corrected chi connectivity index (χ1v) is 24.7. The lowest BCUT2D eigenvalue weighted by Gasteiger charge is -2.36. The molecule has 2 rings (SSSR count). The molecule has 1 unspecified atom stereocenters. The molecule has 16 nitrogen and oxygen atoms in total. The molecule has 1 aliphatic carbocycles. The Hall–Kier alpha value is -2.86. The fourth-order valence-electron chi connectivity index (χ4n) is 7.30. The maximum absolute atomic E-state index is 13.7. The van der Waals surface area contributed by atoms with Gasteiger partial charge in [0.05, 0.1) is 36.9 Å². The Morgan fingerprint density at radius 3 is 2.11 bits per heavy atom. The molecule has 0 aromatic rings. The highest BCUT2D eigenvalue weighted by molar-refractivity contribution is 7.47. The van der Waals surface area contributed by atoms with E-state index in [1.807, 2.05) is 19.1 Å². The molecular formula is C47H77O16P. The lowest BCUT2D eigenvalue weighted by atomic mass is 9.83. The number of esters is 2. The maximum Gasteiger partial charge on any atom is 0.472 e. The van der Waals surface area contributed by atoms with Gasteiger partial charge in [0.2, 0.25) is 0 Å². The molecule has 1 saturated carbocycles. The summed E-state index contributed by atoms with van der Waals surface area (Å²) < 4.78 is 34.6. The molecule has 0 amide bonds. The van der Waals surface area contributed by atoms with Gasteiger partial charge in [-0.2, -0.15) is 0 Å². The summed E-state index contributed by atoms with van der Waals surface area (Å²) in [6.45, 7) is 2.71. The van der Waals surface area contributed by atoms with Gasteiger partial charge in [0.15, 0.2) is 6.10 Å². The van der Waals surface area contributed by atoms with Crippen LogP contribution in [0.3, 0.4) is 0 Å². The summed E-state index contributed by atoms with van der Waals surface area (Å²) in [4.78, 5) is 50.1. The van der Waals surface area contributed by atoms with Crippen molar-refractivity contribution in [1.82, 2.24) is 0 Å². The van der Waals surface area contributed by atoms with Crippen molar-refractivity contribution in [3.8, 4) is 0 Å². The van der Waals surface area contributed by atoms with E-state index in [2.05, 4.69) is 31.2 Å². The summed E-state index contributed by atoms with van der Waals surface area (Å²) in [5.41, 5.74) is 0. The molecule has 1 aliphatic heterocycles. The van der Waals surface area contributed by atoms with E-state index in [4.69, 9.17) is 18.5 Å². The summed E-state index contributed by atoms with van der Waals surface area (Å²) >= 11 is 0. The lowest BCUT2D eigenvalue weighted by Crippen LogP contribution is -2.55.